The zero-order valence-electron chi connectivity index (χ0n) is 19.1. The van der Waals surface area contributed by atoms with Gasteiger partial charge in [-0.25, -0.2) is 24.3 Å². The first-order valence-electron chi connectivity index (χ1n) is 10.8. The first-order chi connectivity index (χ1) is 17.3. The number of oxime groups is 1. The van der Waals surface area contributed by atoms with Crippen LogP contribution in [0.3, 0.4) is 0 Å². The average molecular weight is 496 g/mol. The lowest BCUT2D eigenvalue weighted by Crippen LogP contribution is -2.43. The first kappa shape index (κ1) is 23.5. The summed E-state index contributed by atoms with van der Waals surface area (Å²) in [5.41, 5.74) is 6.81. The summed E-state index contributed by atoms with van der Waals surface area (Å²) in [6.07, 6.45) is 0.602. The molecule has 13 nitrogen and oxygen atoms in total. The van der Waals surface area contributed by atoms with Crippen molar-refractivity contribution in [2.24, 2.45) is 5.16 Å². The molecule has 2 fully saturated rings. The molecule has 36 heavy (non-hydrogen) atoms. The van der Waals surface area contributed by atoms with Crippen LogP contribution >= 0.6 is 0 Å². The van der Waals surface area contributed by atoms with E-state index in [9.17, 15) is 9.18 Å². The van der Waals surface area contributed by atoms with Gasteiger partial charge in [-0.2, -0.15) is 0 Å². The van der Waals surface area contributed by atoms with Gasteiger partial charge in [-0.05, 0) is 31.9 Å². The number of ether oxygens (including phenoxy) is 3. The second-order valence-corrected chi connectivity index (χ2v) is 8.42. The minimum absolute atomic E-state index is 0.0365. The van der Waals surface area contributed by atoms with Crippen molar-refractivity contribution in [2.75, 3.05) is 12.3 Å². The van der Waals surface area contributed by atoms with E-state index in [1.54, 1.807) is 18.4 Å². The second kappa shape index (κ2) is 9.11. The molecule has 0 spiro atoms. The standard InChI is InChI=1S/C22H21FN8O5/c1-22(2)35-15-16(20(32)25-7-3-4-11-5-6-12(23)13(30-11)8-29-33)34-21(17(15)36-22)31-10-28-14-18(24)26-9-27-19(14)31/h5-6,8-10,15-17,21,33H,7H2,1-2H3,(H,25,32)(H2,24,26,27)/b29-8+/t15-,16+,17-,21-/m1/s1. The minimum Gasteiger partial charge on any atom is -0.411 e. The number of fused-ring (bicyclic) bond motifs is 2. The van der Waals surface area contributed by atoms with E-state index >= 15 is 0 Å². The van der Waals surface area contributed by atoms with Crippen LogP contribution in [0.25, 0.3) is 11.2 Å². The quantitative estimate of drug-likeness (QED) is 0.198. The Morgan fingerprint density at radius 1 is 1.33 bits per heavy atom. The van der Waals surface area contributed by atoms with Gasteiger partial charge >= 0.3 is 0 Å². The Morgan fingerprint density at radius 3 is 2.94 bits per heavy atom. The Hall–Kier alpha value is -4.19. The van der Waals surface area contributed by atoms with Crippen LogP contribution in [-0.2, 0) is 19.0 Å². The largest absolute Gasteiger partial charge is 0.411 e. The molecule has 0 radical (unpaired) electrons. The number of hydrogen-bond donors (Lipinski definition) is 3. The number of anilines is 1. The van der Waals surface area contributed by atoms with Crippen LogP contribution in [0.1, 0.15) is 31.5 Å². The van der Waals surface area contributed by atoms with Gasteiger partial charge < -0.3 is 30.5 Å². The molecular formula is C22H21FN8O5. The lowest BCUT2D eigenvalue weighted by atomic mass is 10.1. The number of nitrogens with one attached hydrogen (secondary N) is 1. The van der Waals surface area contributed by atoms with Gasteiger partial charge in [-0.15, -0.1) is 0 Å². The Morgan fingerprint density at radius 2 is 2.14 bits per heavy atom. The van der Waals surface area contributed by atoms with Crippen LogP contribution < -0.4 is 11.1 Å². The molecule has 1 amide bonds. The molecule has 0 aromatic carbocycles. The molecule has 0 saturated carbocycles. The number of rotatable bonds is 4. The van der Waals surface area contributed by atoms with Crippen molar-refractivity contribution in [1.82, 2.24) is 29.8 Å². The number of amides is 1. The minimum atomic E-state index is -1.00. The molecule has 2 saturated heterocycles. The van der Waals surface area contributed by atoms with E-state index in [1.807, 2.05) is 0 Å². The van der Waals surface area contributed by atoms with Crippen LogP contribution in [0.4, 0.5) is 10.2 Å². The highest BCUT2D eigenvalue weighted by molar-refractivity contribution is 5.83. The number of carbonyl (C=O) groups excluding carboxylic acids is 1. The Balaban J connectivity index is 1.32. The molecule has 2 aliphatic heterocycles. The SMILES string of the molecule is CC1(C)O[C@@H]2[C@H](O1)[C@@H](C(=O)NCC#Cc1ccc(F)c(/C=N/O)n1)O[C@H]2n1cnc2c(N)ncnc21. The van der Waals surface area contributed by atoms with E-state index in [-0.39, 0.29) is 23.8 Å². The monoisotopic (exact) mass is 496 g/mol. The van der Waals surface area contributed by atoms with E-state index in [2.05, 4.69) is 42.2 Å². The average Bonchev–Trinajstić information content (AvgIpc) is 3.50. The molecule has 4 atom stereocenters. The molecule has 3 aromatic heterocycles. The fourth-order valence-electron chi connectivity index (χ4n) is 4.11. The second-order valence-electron chi connectivity index (χ2n) is 8.42. The van der Waals surface area contributed by atoms with Crippen molar-refractivity contribution in [1.29, 1.82) is 0 Å². The van der Waals surface area contributed by atoms with E-state index < -0.39 is 42.1 Å². The van der Waals surface area contributed by atoms with E-state index in [4.69, 9.17) is 25.2 Å². The number of carbonyl (C=O) groups is 1. The number of pyridine rings is 1. The van der Waals surface area contributed by atoms with Crippen molar-refractivity contribution in [3.8, 4) is 11.8 Å². The Bertz CT molecular complexity index is 1410. The third-order valence-electron chi connectivity index (χ3n) is 5.57. The van der Waals surface area contributed by atoms with Crippen molar-refractivity contribution < 1.29 is 28.6 Å². The van der Waals surface area contributed by atoms with Gasteiger partial charge in [-0.1, -0.05) is 11.1 Å². The number of nitrogen functional groups attached to an aromatic ring is 1. The number of nitrogens with two attached hydrogens (primary N) is 1. The van der Waals surface area contributed by atoms with Gasteiger partial charge in [0.15, 0.2) is 35.4 Å². The maximum absolute atomic E-state index is 13.6. The molecule has 5 rings (SSSR count). The van der Waals surface area contributed by atoms with Gasteiger partial charge in [-0.3, -0.25) is 9.36 Å². The van der Waals surface area contributed by atoms with Crippen molar-refractivity contribution >= 4 is 29.1 Å². The number of halogens is 1. The van der Waals surface area contributed by atoms with Crippen molar-refractivity contribution in [2.45, 2.75) is 44.2 Å². The lowest BCUT2D eigenvalue weighted by molar-refractivity contribution is -0.197. The predicted octanol–water partition coefficient (Wildman–Crippen LogP) is 0.336. The lowest BCUT2D eigenvalue weighted by Gasteiger charge is -2.24. The number of nitrogens with zero attached hydrogens (tertiary/aromatic N) is 6. The maximum Gasteiger partial charge on any atom is 0.252 e. The topological polar surface area (TPSA) is 172 Å². The van der Waals surface area contributed by atoms with Crippen LogP contribution in [0.2, 0.25) is 0 Å². The third kappa shape index (κ3) is 4.31. The molecule has 4 N–H and O–H groups in total. The number of aromatic nitrogens is 5. The highest BCUT2D eigenvalue weighted by Gasteiger charge is 2.58. The highest BCUT2D eigenvalue weighted by Crippen LogP contribution is 2.43. The number of imidazole rings is 1. The molecule has 0 aliphatic carbocycles. The summed E-state index contributed by atoms with van der Waals surface area (Å²) in [6, 6.07) is 2.52. The summed E-state index contributed by atoms with van der Waals surface area (Å²) in [5.74, 6) is 3.62. The Kier molecular flexibility index (Phi) is 5.96. The smallest absolute Gasteiger partial charge is 0.252 e. The molecule has 5 heterocycles. The summed E-state index contributed by atoms with van der Waals surface area (Å²) in [6.45, 7) is 3.46. The van der Waals surface area contributed by atoms with E-state index in [0.29, 0.717) is 11.2 Å². The highest BCUT2D eigenvalue weighted by atomic mass is 19.1. The summed E-state index contributed by atoms with van der Waals surface area (Å²) in [7, 11) is 0. The zero-order chi connectivity index (χ0) is 25.4. The maximum atomic E-state index is 13.6. The van der Waals surface area contributed by atoms with Gasteiger partial charge in [0.1, 0.15) is 35.4 Å². The van der Waals surface area contributed by atoms with Crippen molar-refractivity contribution in [3.05, 3.63) is 42.0 Å². The van der Waals surface area contributed by atoms with Gasteiger partial charge in [0.25, 0.3) is 5.91 Å². The zero-order valence-corrected chi connectivity index (χ0v) is 19.1. The molecule has 0 unspecified atom stereocenters. The summed E-state index contributed by atoms with van der Waals surface area (Å²) >= 11 is 0. The normalized spacial score (nSPS) is 24.5. The molecule has 14 heteroatoms. The number of hydrogen-bond acceptors (Lipinski definition) is 11. The predicted molar refractivity (Wildman–Crippen MR) is 121 cm³/mol. The molecule has 186 valence electrons. The van der Waals surface area contributed by atoms with Crippen LogP contribution in [0.5, 0.6) is 0 Å². The van der Waals surface area contributed by atoms with Crippen LogP contribution in [-0.4, -0.2) is 72.5 Å². The molecule has 2 aliphatic rings. The third-order valence-corrected chi connectivity index (χ3v) is 5.57. The first-order valence-corrected chi connectivity index (χ1v) is 10.8. The van der Waals surface area contributed by atoms with Gasteiger partial charge in [0.2, 0.25) is 0 Å². The fraction of sp³-hybridized carbons (Fsp3) is 0.364. The molecular weight excluding hydrogens is 475 g/mol. The summed E-state index contributed by atoms with van der Waals surface area (Å²) in [5, 5.41) is 14.0. The van der Waals surface area contributed by atoms with E-state index in [0.717, 1.165) is 12.3 Å². The summed E-state index contributed by atoms with van der Waals surface area (Å²) in [4.78, 5) is 29.4. The van der Waals surface area contributed by atoms with Crippen LogP contribution in [0, 0.1) is 17.7 Å². The van der Waals surface area contributed by atoms with E-state index in [1.165, 1.54) is 18.7 Å². The summed E-state index contributed by atoms with van der Waals surface area (Å²) < 4.78 is 33.3. The van der Waals surface area contributed by atoms with Crippen LogP contribution in [0.15, 0.2) is 29.9 Å². The molecule has 0 bridgehead atoms. The van der Waals surface area contributed by atoms with Gasteiger partial charge in [0.05, 0.1) is 19.1 Å². The van der Waals surface area contributed by atoms with Crippen molar-refractivity contribution in [3.63, 3.8) is 0 Å². The molecule has 3 aromatic rings. The fourth-order valence-corrected chi connectivity index (χ4v) is 4.11. The van der Waals surface area contributed by atoms with Gasteiger partial charge in [0, 0.05) is 0 Å². The Labute approximate surface area is 203 Å².